The lowest BCUT2D eigenvalue weighted by molar-refractivity contribution is -0.138. The van der Waals surface area contributed by atoms with Crippen LogP contribution in [0.1, 0.15) is 32.6 Å². The molecule has 7 heteroatoms. The molecule has 2 N–H and O–H groups in total. The maximum absolute atomic E-state index is 12.4. The Kier molecular flexibility index (Phi) is 5.03. The molecule has 0 aromatic rings. The molecule has 1 saturated carbocycles. The Morgan fingerprint density at radius 3 is 2.29 bits per heavy atom. The molecule has 0 unspecified atom stereocenters. The highest BCUT2D eigenvalue weighted by Crippen LogP contribution is 2.28. The molecule has 0 radical (unpaired) electrons. The number of carbonyl (C=O) groups is 3. The molecule has 118 valence electrons. The van der Waals surface area contributed by atoms with Gasteiger partial charge in [0.2, 0.25) is 5.91 Å². The average molecular weight is 297 g/mol. The summed E-state index contributed by atoms with van der Waals surface area (Å²) in [4.78, 5) is 37.4. The molecule has 2 aliphatic rings. The molecule has 21 heavy (non-hydrogen) atoms. The summed E-state index contributed by atoms with van der Waals surface area (Å²) < 4.78 is 0. The summed E-state index contributed by atoms with van der Waals surface area (Å²) in [5.74, 6) is -0.600. The van der Waals surface area contributed by atoms with Crippen molar-refractivity contribution in [1.29, 1.82) is 0 Å². The lowest BCUT2D eigenvalue weighted by atomic mass is 9.97. The van der Waals surface area contributed by atoms with Gasteiger partial charge in [-0.05, 0) is 31.6 Å². The van der Waals surface area contributed by atoms with Crippen LogP contribution < -0.4 is 5.32 Å². The van der Waals surface area contributed by atoms with E-state index in [4.69, 9.17) is 5.11 Å². The van der Waals surface area contributed by atoms with Crippen LogP contribution in [-0.2, 0) is 9.59 Å². The topological polar surface area (TPSA) is 90.0 Å². The molecule has 1 aliphatic heterocycles. The number of piperidine rings is 1. The van der Waals surface area contributed by atoms with Crippen LogP contribution in [-0.4, -0.2) is 65.0 Å². The third-order valence-electron chi connectivity index (χ3n) is 4.06. The van der Waals surface area contributed by atoms with Gasteiger partial charge >= 0.3 is 12.0 Å². The summed E-state index contributed by atoms with van der Waals surface area (Å²) in [5, 5.41) is 11.7. The van der Waals surface area contributed by atoms with E-state index in [9.17, 15) is 14.4 Å². The van der Waals surface area contributed by atoms with E-state index in [2.05, 4.69) is 5.32 Å². The van der Waals surface area contributed by atoms with E-state index in [1.807, 2.05) is 0 Å². The Balaban J connectivity index is 1.81. The molecular formula is C14H23N3O4. The van der Waals surface area contributed by atoms with Crippen molar-refractivity contribution in [3.8, 4) is 0 Å². The fraction of sp³-hybridized carbons (Fsp3) is 0.786. The largest absolute Gasteiger partial charge is 0.480 e. The predicted octanol–water partition coefficient (Wildman–Crippen LogP) is 0.504. The summed E-state index contributed by atoms with van der Waals surface area (Å²) in [6.45, 7) is 3.20. The van der Waals surface area contributed by atoms with Gasteiger partial charge in [-0.2, -0.15) is 0 Å². The highest BCUT2D eigenvalue weighted by atomic mass is 16.4. The fourth-order valence-electron chi connectivity index (χ4n) is 2.68. The zero-order valence-corrected chi connectivity index (χ0v) is 12.4. The van der Waals surface area contributed by atoms with E-state index < -0.39 is 5.97 Å². The molecule has 1 saturated heterocycles. The van der Waals surface area contributed by atoms with Crippen molar-refractivity contribution >= 4 is 17.9 Å². The molecule has 0 spiro atoms. The van der Waals surface area contributed by atoms with E-state index >= 15 is 0 Å². The molecule has 2 rings (SSSR count). The minimum absolute atomic E-state index is 0.0325. The lowest BCUT2D eigenvalue weighted by Crippen LogP contribution is -2.49. The van der Waals surface area contributed by atoms with Crippen molar-refractivity contribution in [3.05, 3.63) is 0 Å². The second-order valence-electron chi connectivity index (χ2n) is 5.90. The van der Waals surface area contributed by atoms with Crippen molar-refractivity contribution in [1.82, 2.24) is 15.1 Å². The number of hydrogen-bond donors (Lipinski definition) is 2. The van der Waals surface area contributed by atoms with E-state index in [0.29, 0.717) is 25.6 Å². The van der Waals surface area contributed by atoms with Gasteiger partial charge in [0.25, 0.3) is 0 Å². The summed E-state index contributed by atoms with van der Waals surface area (Å²) in [5.41, 5.74) is 0. The molecule has 1 aliphatic carbocycles. The van der Waals surface area contributed by atoms with Crippen LogP contribution in [0.3, 0.4) is 0 Å². The van der Waals surface area contributed by atoms with Crippen molar-refractivity contribution in [2.45, 2.75) is 38.6 Å². The van der Waals surface area contributed by atoms with Gasteiger partial charge in [0, 0.05) is 32.6 Å². The average Bonchev–Trinajstić information content (AvgIpc) is 3.26. The van der Waals surface area contributed by atoms with Gasteiger partial charge in [0.15, 0.2) is 0 Å². The second-order valence-corrected chi connectivity index (χ2v) is 5.90. The smallest absolute Gasteiger partial charge is 0.323 e. The summed E-state index contributed by atoms with van der Waals surface area (Å²) in [7, 11) is 0. The van der Waals surface area contributed by atoms with E-state index in [1.54, 1.807) is 4.90 Å². The molecule has 2 fully saturated rings. The molecule has 0 aromatic carbocycles. The highest BCUT2D eigenvalue weighted by Gasteiger charge is 2.37. The van der Waals surface area contributed by atoms with Gasteiger partial charge in [-0.3, -0.25) is 9.59 Å². The monoisotopic (exact) mass is 297 g/mol. The maximum Gasteiger partial charge on any atom is 0.323 e. The normalized spacial score (nSPS) is 19.2. The first-order chi connectivity index (χ1) is 9.97. The van der Waals surface area contributed by atoms with E-state index in [-0.39, 0.29) is 24.5 Å². The maximum atomic E-state index is 12.4. The van der Waals surface area contributed by atoms with Gasteiger partial charge in [-0.1, -0.05) is 0 Å². The molecule has 3 amide bonds. The van der Waals surface area contributed by atoms with Crippen molar-refractivity contribution < 1.29 is 19.5 Å². The second kappa shape index (κ2) is 6.78. The number of nitrogens with one attached hydrogen (secondary N) is 1. The quantitative estimate of drug-likeness (QED) is 0.773. The van der Waals surface area contributed by atoms with Gasteiger partial charge in [0.05, 0.1) is 0 Å². The zero-order valence-electron chi connectivity index (χ0n) is 12.4. The van der Waals surface area contributed by atoms with Crippen LogP contribution in [0.4, 0.5) is 4.79 Å². The van der Waals surface area contributed by atoms with Crippen LogP contribution in [0.25, 0.3) is 0 Å². The standard InChI is InChI=1S/C14H23N3O4/c1-10(18)15-8-11-4-6-16(7-5-11)14(21)17(9-13(19)20)12-2-3-12/h11-12H,2-9H2,1H3,(H,15,18)(H,19,20). The number of carboxylic acids is 1. The minimum atomic E-state index is -0.962. The van der Waals surface area contributed by atoms with Crippen LogP contribution in [0.15, 0.2) is 0 Å². The molecule has 1 heterocycles. The van der Waals surface area contributed by atoms with Crippen molar-refractivity contribution in [2.75, 3.05) is 26.2 Å². The Labute approximate surface area is 124 Å². The number of carbonyl (C=O) groups excluding carboxylic acids is 2. The van der Waals surface area contributed by atoms with E-state index in [1.165, 1.54) is 11.8 Å². The molecule has 0 atom stereocenters. The summed E-state index contributed by atoms with van der Waals surface area (Å²) in [6, 6.07) is -0.0522. The van der Waals surface area contributed by atoms with Gasteiger partial charge in [-0.25, -0.2) is 4.79 Å². The highest BCUT2D eigenvalue weighted by molar-refractivity contribution is 5.81. The van der Waals surface area contributed by atoms with Crippen molar-refractivity contribution in [2.24, 2.45) is 5.92 Å². The number of hydrogen-bond acceptors (Lipinski definition) is 3. The number of carboxylic acid groups (broad SMARTS) is 1. The number of nitrogens with zero attached hydrogens (tertiary/aromatic N) is 2. The number of rotatable bonds is 5. The summed E-state index contributed by atoms with van der Waals surface area (Å²) in [6.07, 6.45) is 3.49. The number of urea groups is 1. The van der Waals surface area contributed by atoms with Crippen LogP contribution in [0.5, 0.6) is 0 Å². The first-order valence-electron chi connectivity index (χ1n) is 7.49. The van der Waals surface area contributed by atoms with Gasteiger partial charge in [-0.15, -0.1) is 0 Å². The summed E-state index contributed by atoms with van der Waals surface area (Å²) >= 11 is 0. The number of likely N-dealkylation sites (tertiary alicyclic amines) is 1. The first kappa shape index (κ1) is 15.6. The van der Waals surface area contributed by atoms with Gasteiger partial charge < -0.3 is 20.2 Å². The third kappa shape index (κ3) is 4.61. The lowest BCUT2D eigenvalue weighted by Gasteiger charge is -2.35. The zero-order chi connectivity index (χ0) is 15.4. The fourth-order valence-corrected chi connectivity index (χ4v) is 2.68. The molecule has 0 aromatic heterocycles. The Morgan fingerprint density at radius 1 is 1.19 bits per heavy atom. The first-order valence-corrected chi connectivity index (χ1v) is 7.49. The third-order valence-corrected chi connectivity index (χ3v) is 4.06. The predicted molar refractivity (Wildman–Crippen MR) is 75.7 cm³/mol. The molecule has 7 nitrogen and oxygen atoms in total. The SMILES string of the molecule is CC(=O)NCC1CCN(C(=O)N(CC(=O)O)C2CC2)CC1. The minimum Gasteiger partial charge on any atom is -0.480 e. The van der Waals surface area contributed by atoms with Crippen LogP contribution >= 0.6 is 0 Å². The van der Waals surface area contributed by atoms with Crippen LogP contribution in [0, 0.1) is 5.92 Å². The number of aliphatic carboxylic acids is 1. The Bertz CT molecular complexity index is 414. The molecule has 0 bridgehead atoms. The Hall–Kier alpha value is -1.79. The van der Waals surface area contributed by atoms with Crippen LogP contribution in [0.2, 0.25) is 0 Å². The van der Waals surface area contributed by atoms with Crippen molar-refractivity contribution in [3.63, 3.8) is 0 Å². The van der Waals surface area contributed by atoms with Gasteiger partial charge in [0.1, 0.15) is 6.54 Å². The van der Waals surface area contributed by atoms with E-state index in [0.717, 1.165) is 25.7 Å². The molecular weight excluding hydrogens is 274 g/mol. The number of amides is 3. The Morgan fingerprint density at radius 2 is 1.81 bits per heavy atom.